The number of carbonyl (C=O) groups is 1. The number of nitrogens with zero attached hydrogens (tertiary/aromatic N) is 8. The van der Waals surface area contributed by atoms with Gasteiger partial charge in [0.2, 0.25) is 0 Å². The van der Waals surface area contributed by atoms with E-state index in [0.29, 0.717) is 30.1 Å². The first kappa shape index (κ1) is 20.8. The zero-order chi connectivity index (χ0) is 23.6. The van der Waals surface area contributed by atoms with Gasteiger partial charge in [0.25, 0.3) is 5.91 Å². The van der Waals surface area contributed by atoms with Crippen LogP contribution in [0.1, 0.15) is 10.4 Å². The van der Waals surface area contributed by atoms with Gasteiger partial charge in [0.05, 0.1) is 18.1 Å². The van der Waals surface area contributed by atoms with Crippen molar-refractivity contribution in [2.75, 3.05) is 36.4 Å². The lowest BCUT2D eigenvalue weighted by molar-refractivity contribution is 0.0746. The molecule has 0 bridgehead atoms. The average Bonchev–Trinajstić information content (AvgIpc) is 3.63. The SMILES string of the molecule is O=C(c1ccc(Nc2ncc(-c3cn[nH]c3)n3ncnc23)cc1)N1CCN(c2ccccn2)CC1. The number of H-pyrrole nitrogens is 1. The van der Waals surface area contributed by atoms with Crippen LogP contribution in [-0.2, 0) is 0 Å². The number of nitrogens with one attached hydrogen (secondary N) is 2. The molecular formula is C24H22N10O. The lowest BCUT2D eigenvalue weighted by Crippen LogP contribution is -2.49. The molecule has 6 rings (SSSR count). The largest absolute Gasteiger partial charge is 0.353 e. The monoisotopic (exact) mass is 466 g/mol. The van der Waals surface area contributed by atoms with Gasteiger partial charge in [-0.05, 0) is 36.4 Å². The van der Waals surface area contributed by atoms with Gasteiger partial charge >= 0.3 is 0 Å². The number of hydrogen-bond donors (Lipinski definition) is 2. The number of aromatic amines is 1. The Hall–Kier alpha value is -4.80. The van der Waals surface area contributed by atoms with E-state index in [1.54, 1.807) is 29.3 Å². The number of fused-ring (bicyclic) bond motifs is 1. The molecule has 1 aliphatic rings. The smallest absolute Gasteiger partial charge is 0.253 e. The molecule has 0 radical (unpaired) electrons. The van der Waals surface area contributed by atoms with Crippen LogP contribution in [0, 0.1) is 0 Å². The van der Waals surface area contributed by atoms with Gasteiger partial charge in [-0.1, -0.05) is 6.07 Å². The van der Waals surface area contributed by atoms with Crippen LogP contribution in [-0.4, -0.2) is 71.7 Å². The standard InChI is InChI=1S/C24H22N10O/c35-24(33-11-9-32(10-12-33)21-3-1-2-8-25-21)17-4-6-19(7-5-17)31-22-23-27-16-30-34(23)20(15-26-22)18-13-28-29-14-18/h1-8,13-16H,9-12H2,(H,26,31)(H,28,29). The summed E-state index contributed by atoms with van der Waals surface area (Å²) >= 11 is 0. The maximum Gasteiger partial charge on any atom is 0.253 e. The van der Waals surface area contributed by atoms with Gasteiger partial charge < -0.3 is 15.1 Å². The molecule has 1 saturated heterocycles. The number of anilines is 3. The topological polar surface area (TPSA) is 120 Å². The highest BCUT2D eigenvalue weighted by atomic mass is 16.2. The predicted molar refractivity (Wildman–Crippen MR) is 130 cm³/mol. The van der Waals surface area contributed by atoms with Gasteiger partial charge in [0, 0.05) is 55.4 Å². The normalized spacial score (nSPS) is 13.8. The summed E-state index contributed by atoms with van der Waals surface area (Å²) in [6.45, 7) is 2.84. The third kappa shape index (κ3) is 4.03. The molecule has 2 N–H and O–H groups in total. The van der Waals surface area contributed by atoms with Crippen molar-refractivity contribution < 1.29 is 4.79 Å². The summed E-state index contributed by atoms with van der Waals surface area (Å²) in [5.74, 6) is 1.54. The van der Waals surface area contributed by atoms with Crippen LogP contribution in [0.2, 0.25) is 0 Å². The minimum absolute atomic E-state index is 0.0275. The van der Waals surface area contributed by atoms with Crippen LogP contribution in [0.25, 0.3) is 16.9 Å². The first-order chi connectivity index (χ1) is 17.3. The molecule has 5 aromatic rings. The van der Waals surface area contributed by atoms with Gasteiger partial charge in [-0.25, -0.2) is 19.5 Å². The Morgan fingerprint density at radius 2 is 1.80 bits per heavy atom. The second kappa shape index (κ2) is 8.86. The van der Waals surface area contributed by atoms with E-state index in [1.165, 1.54) is 6.33 Å². The lowest BCUT2D eigenvalue weighted by atomic mass is 10.1. The third-order valence-electron chi connectivity index (χ3n) is 6.03. The highest BCUT2D eigenvalue weighted by Crippen LogP contribution is 2.24. The van der Waals surface area contributed by atoms with Gasteiger partial charge in [-0.3, -0.25) is 9.89 Å². The van der Waals surface area contributed by atoms with Crippen molar-refractivity contribution in [3.63, 3.8) is 0 Å². The van der Waals surface area contributed by atoms with E-state index in [2.05, 4.69) is 40.5 Å². The summed E-state index contributed by atoms with van der Waals surface area (Å²) in [5.41, 5.74) is 3.69. The van der Waals surface area contributed by atoms with E-state index >= 15 is 0 Å². The van der Waals surface area contributed by atoms with Gasteiger partial charge in [-0.15, -0.1) is 0 Å². The van der Waals surface area contributed by atoms with E-state index in [4.69, 9.17) is 0 Å². The Morgan fingerprint density at radius 3 is 2.54 bits per heavy atom. The number of amides is 1. The maximum absolute atomic E-state index is 13.0. The minimum Gasteiger partial charge on any atom is -0.353 e. The van der Waals surface area contributed by atoms with Gasteiger partial charge in [-0.2, -0.15) is 10.2 Å². The van der Waals surface area contributed by atoms with Crippen molar-refractivity contribution in [2.24, 2.45) is 0 Å². The summed E-state index contributed by atoms with van der Waals surface area (Å²) in [6, 6.07) is 13.3. The summed E-state index contributed by atoms with van der Waals surface area (Å²) < 4.78 is 1.71. The Bertz CT molecular complexity index is 1440. The van der Waals surface area contributed by atoms with Crippen molar-refractivity contribution >= 4 is 28.9 Å². The first-order valence-corrected chi connectivity index (χ1v) is 11.3. The molecule has 0 unspecified atom stereocenters. The Balaban J connectivity index is 1.14. The number of aromatic nitrogens is 7. The Labute approximate surface area is 200 Å². The number of pyridine rings is 1. The minimum atomic E-state index is 0.0275. The van der Waals surface area contributed by atoms with Gasteiger partial charge in [0.15, 0.2) is 11.5 Å². The van der Waals surface area contributed by atoms with Crippen LogP contribution >= 0.6 is 0 Å². The highest BCUT2D eigenvalue weighted by molar-refractivity contribution is 5.95. The second-order valence-corrected chi connectivity index (χ2v) is 8.14. The van der Waals surface area contributed by atoms with Crippen molar-refractivity contribution in [1.29, 1.82) is 0 Å². The quantitative estimate of drug-likeness (QED) is 0.406. The number of hydrogen-bond acceptors (Lipinski definition) is 8. The molecule has 1 amide bonds. The number of benzene rings is 1. The first-order valence-electron chi connectivity index (χ1n) is 11.3. The van der Waals surface area contributed by atoms with Crippen molar-refractivity contribution in [1.82, 2.24) is 39.7 Å². The third-order valence-corrected chi connectivity index (χ3v) is 6.03. The molecule has 0 atom stereocenters. The van der Waals surface area contributed by atoms with Gasteiger partial charge in [0.1, 0.15) is 12.1 Å². The summed E-state index contributed by atoms with van der Waals surface area (Å²) in [6.07, 6.45) is 8.48. The highest BCUT2D eigenvalue weighted by Gasteiger charge is 2.23. The molecule has 4 aromatic heterocycles. The molecule has 0 aliphatic carbocycles. The number of piperazine rings is 1. The molecule has 1 aliphatic heterocycles. The molecule has 0 saturated carbocycles. The summed E-state index contributed by atoms with van der Waals surface area (Å²) in [4.78, 5) is 30.4. The van der Waals surface area contributed by atoms with E-state index in [9.17, 15) is 4.79 Å². The predicted octanol–water partition coefficient (Wildman–Crippen LogP) is 2.62. The number of rotatable bonds is 5. The second-order valence-electron chi connectivity index (χ2n) is 8.14. The molecule has 11 nitrogen and oxygen atoms in total. The van der Waals surface area contributed by atoms with E-state index in [-0.39, 0.29) is 5.91 Å². The zero-order valence-electron chi connectivity index (χ0n) is 18.7. The average molecular weight is 467 g/mol. The van der Waals surface area contributed by atoms with E-state index in [1.807, 2.05) is 47.4 Å². The summed E-state index contributed by atoms with van der Waals surface area (Å²) in [7, 11) is 0. The van der Waals surface area contributed by atoms with Crippen LogP contribution in [0.4, 0.5) is 17.3 Å². The Morgan fingerprint density at radius 1 is 0.943 bits per heavy atom. The van der Waals surface area contributed by atoms with Crippen LogP contribution < -0.4 is 10.2 Å². The van der Waals surface area contributed by atoms with Crippen molar-refractivity contribution in [3.8, 4) is 11.3 Å². The maximum atomic E-state index is 13.0. The summed E-state index contributed by atoms with van der Waals surface area (Å²) in [5, 5.41) is 14.4. The molecule has 0 spiro atoms. The Kier molecular flexibility index (Phi) is 5.26. The lowest BCUT2D eigenvalue weighted by Gasteiger charge is -2.35. The van der Waals surface area contributed by atoms with Crippen LogP contribution in [0.5, 0.6) is 0 Å². The van der Waals surface area contributed by atoms with E-state index < -0.39 is 0 Å². The molecule has 174 valence electrons. The van der Waals surface area contributed by atoms with E-state index in [0.717, 1.165) is 35.9 Å². The molecule has 1 fully saturated rings. The van der Waals surface area contributed by atoms with Crippen molar-refractivity contribution in [3.05, 3.63) is 79.1 Å². The molecule has 5 heterocycles. The van der Waals surface area contributed by atoms with Crippen molar-refractivity contribution in [2.45, 2.75) is 0 Å². The fourth-order valence-electron chi connectivity index (χ4n) is 4.19. The number of carbonyl (C=O) groups excluding carboxylic acids is 1. The van der Waals surface area contributed by atoms with Crippen LogP contribution in [0.15, 0.2) is 73.6 Å². The zero-order valence-corrected chi connectivity index (χ0v) is 18.7. The van der Waals surface area contributed by atoms with Crippen LogP contribution in [0.3, 0.4) is 0 Å². The fraction of sp³-hybridized carbons (Fsp3) is 0.167. The molecule has 11 heteroatoms. The molecule has 35 heavy (non-hydrogen) atoms. The fourth-order valence-corrected chi connectivity index (χ4v) is 4.19. The molecular weight excluding hydrogens is 444 g/mol. The molecule has 1 aromatic carbocycles.